The summed E-state index contributed by atoms with van der Waals surface area (Å²) in [6.45, 7) is 1.95. The van der Waals surface area contributed by atoms with Gasteiger partial charge in [0.05, 0.1) is 0 Å². The van der Waals surface area contributed by atoms with Gasteiger partial charge in [-0.25, -0.2) is 14.9 Å². The molecule has 1 rings (SSSR count). The summed E-state index contributed by atoms with van der Waals surface area (Å²) in [7, 11) is -4.74. The molecule has 0 radical (unpaired) electrons. The zero-order valence-corrected chi connectivity index (χ0v) is 20.5. The number of alkyl carbamates (subject to hydrolysis) is 1. The van der Waals surface area contributed by atoms with E-state index >= 15 is 0 Å². The van der Waals surface area contributed by atoms with E-state index in [1.165, 1.54) is 0 Å². The van der Waals surface area contributed by atoms with Crippen molar-refractivity contribution in [1.29, 1.82) is 5.41 Å². The molecule has 0 saturated carbocycles. The molecule has 1 aromatic rings. The summed E-state index contributed by atoms with van der Waals surface area (Å²) in [5.74, 6) is -4.47. The van der Waals surface area contributed by atoms with Crippen molar-refractivity contribution in [3.05, 3.63) is 46.0 Å². The Kier molecular flexibility index (Phi) is 11.7. The third-order valence-electron chi connectivity index (χ3n) is 4.79. The van der Waals surface area contributed by atoms with Crippen LogP contribution in [0.3, 0.4) is 0 Å². The summed E-state index contributed by atoms with van der Waals surface area (Å²) in [6.07, 6.45) is -1.07. The molecule has 3 amide bonds. The predicted molar refractivity (Wildman–Crippen MR) is 126 cm³/mol. The van der Waals surface area contributed by atoms with Crippen molar-refractivity contribution in [2.45, 2.75) is 51.2 Å². The fourth-order valence-electron chi connectivity index (χ4n) is 2.79. The lowest BCUT2D eigenvalue weighted by Gasteiger charge is -2.25. The fourth-order valence-corrected chi connectivity index (χ4v) is 3.08. The Morgan fingerprint density at radius 3 is 2.36 bits per heavy atom. The van der Waals surface area contributed by atoms with E-state index in [9.17, 15) is 29.1 Å². The first-order chi connectivity index (χ1) is 16.7. The summed E-state index contributed by atoms with van der Waals surface area (Å²) in [5, 5.41) is 24.3. The molecule has 0 bridgehead atoms. The second-order valence-electron chi connectivity index (χ2n) is 7.61. The highest BCUT2D eigenvalue weighted by atomic mass is 31.2. The van der Waals surface area contributed by atoms with E-state index in [4.69, 9.17) is 25.7 Å². The number of hydrazine groups is 1. The van der Waals surface area contributed by atoms with Crippen LogP contribution in [0.25, 0.3) is 0 Å². The Hall–Kier alpha value is -3.75. The highest BCUT2D eigenvalue weighted by Gasteiger charge is 2.41. The van der Waals surface area contributed by atoms with Crippen LogP contribution in [-0.4, -0.2) is 68.1 Å². The average Bonchev–Trinajstić information content (AvgIpc) is 2.79. The second-order valence-corrected chi connectivity index (χ2v) is 9.56. The molecular formula is C19H30N7O9P. The van der Waals surface area contributed by atoms with E-state index < -0.39 is 48.4 Å². The zero-order chi connectivity index (χ0) is 27.5. The summed E-state index contributed by atoms with van der Waals surface area (Å²) >= 11 is 0. The summed E-state index contributed by atoms with van der Waals surface area (Å²) < 4.78 is 16.4. The number of carbonyl (C=O) groups is 3. The minimum atomic E-state index is -4.74. The van der Waals surface area contributed by atoms with Crippen molar-refractivity contribution in [2.75, 3.05) is 6.54 Å². The van der Waals surface area contributed by atoms with Crippen molar-refractivity contribution in [3.8, 4) is 0 Å². The van der Waals surface area contributed by atoms with Crippen molar-refractivity contribution in [3.63, 3.8) is 0 Å². The lowest BCUT2D eigenvalue weighted by atomic mass is 10.1. The highest BCUT2D eigenvalue weighted by Crippen LogP contribution is 2.39. The molecule has 0 spiro atoms. The number of nitrogens with two attached hydrogens (primary N) is 1. The number of ether oxygens (including phenoxy) is 1. The lowest BCUT2D eigenvalue weighted by Crippen LogP contribution is -2.57. The number of hydrogen-bond acceptors (Lipinski definition) is 8. The van der Waals surface area contributed by atoms with E-state index in [1.807, 2.05) is 5.32 Å². The molecule has 0 fully saturated rings. The van der Waals surface area contributed by atoms with Gasteiger partial charge in [0.1, 0.15) is 18.4 Å². The Balaban J connectivity index is 3.00. The molecular weight excluding hydrogens is 501 g/mol. The van der Waals surface area contributed by atoms with Crippen LogP contribution in [0.2, 0.25) is 0 Å². The van der Waals surface area contributed by atoms with E-state index in [0.717, 1.165) is 13.8 Å². The zero-order valence-electron chi connectivity index (χ0n) is 19.6. The minimum Gasteiger partial charge on any atom is -0.445 e. The van der Waals surface area contributed by atoms with Gasteiger partial charge in [-0.15, -0.1) is 0 Å². The normalized spacial score (nSPS) is 13.4. The SMILES string of the molecule is C[C@H](NC(=O)[C@H](C)N(C(=O)[C@H](CCCNC(=N)N)NC(=O)OCc1ccccc1)[N+](=O)[O-])P(=O)(O)O. The lowest BCUT2D eigenvalue weighted by molar-refractivity contribution is -0.639. The monoisotopic (exact) mass is 531 g/mol. The van der Waals surface area contributed by atoms with Gasteiger partial charge in [0.25, 0.3) is 0 Å². The van der Waals surface area contributed by atoms with Gasteiger partial charge < -0.3 is 36.2 Å². The van der Waals surface area contributed by atoms with Gasteiger partial charge in [-0.1, -0.05) is 30.3 Å². The molecule has 0 aromatic heterocycles. The number of nitrogens with zero attached hydrogens (tertiary/aromatic N) is 2. The maximum Gasteiger partial charge on any atom is 0.408 e. The standard InChI is InChI=1S/C19H30N7O9P/c1-12(16(27)23-13(2)36(32,33)34)25(26(30)31)17(28)15(9-6-10-22-18(20)21)24-19(29)35-11-14-7-4-3-5-8-14/h3-5,7-8,12-13,15H,6,9-11H2,1-2H3,(H,23,27)(H,24,29)(H4,20,21,22)(H2,32,33,34)/t12-,13+,15-/m0/s1. The minimum absolute atomic E-state index is 0.0394. The number of benzene rings is 1. The molecule has 17 heteroatoms. The average molecular weight is 531 g/mol. The number of nitrogens with one attached hydrogen (secondary N) is 4. The van der Waals surface area contributed by atoms with Crippen LogP contribution in [0, 0.1) is 15.5 Å². The first-order valence-corrected chi connectivity index (χ1v) is 12.3. The second kappa shape index (κ2) is 14.0. The van der Waals surface area contributed by atoms with Crippen LogP contribution >= 0.6 is 7.60 Å². The quantitative estimate of drug-likeness (QED) is 0.0430. The number of guanidine groups is 1. The van der Waals surface area contributed by atoms with Crippen molar-refractivity contribution in [2.24, 2.45) is 5.73 Å². The van der Waals surface area contributed by atoms with Gasteiger partial charge in [0.15, 0.2) is 17.0 Å². The maximum atomic E-state index is 13.0. The third kappa shape index (κ3) is 10.2. The predicted octanol–water partition coefficient (Wildman–Crippen LogP) is -0.407. The van der Waals surface area contributed by atoms with Gasteiger partial charge in [-0.2, -0.15) is 0 Å². The largest absolute Gasteiger partial charge is 0.445 e. The summed E-state index contributed by atoms with van der Waals surface area (Å²) in [5.41, 5.74) is 5.84. The maximum absolute atomic E-state index is 13.0. The van der Waals surface area contributed by atoms with Crippen molar-refractivity contribution < 1.29 is 38.5 Å². The summed E-state index contributed by atoms with van der Waals surface area (Å²) in [4.78, 5) is 67.7. The molecule has 200 valence electrons. The van der Waals surface area contributed by atoms with Gasteiger partial charge in [-0.05, 0) is 37.3 Å². The van der Waals surface area contributed by atoms with Crippen LogP contribution in [0.5, 0.6) is 0 Å². The fraction of sp³-hybridized carbons (Fsp3) is 0.474. The number of amides is 3. The molecule has 0 aliphatic heterocycles. The summed E-state index contributed by atoms with van der Waals surface area (Å²) in [6, 6.07) is 5.29. The van der Waals surface area contributed by atoms with Crippen LogP contribution in [0.15, 0.2) is 30.3 Å². The number of nitro groups is 1. The molecule has 1 aromatic carbocycles. The molecule has 0 unspecified atom stereocenters. The van der Waals surface area contributed by atoms with Crippen LogP contribution < -0.4 is 21.7 Å². The highest BCUT2D eigenvalue weighted by molar-refractivity contribution is 7.52. The van der Waals surface area contributed by atoms with E-state index in [-0.39, 0.29) is 37.0 Å². The van der Waals surface area contributed by atoms with Gasteiger partial charge in [-0.3, -0.25) is 19.6 Å². The number of rotatable bonds is 13. The Bertz CT molecular complexity index is 989. The molecule has 0 aliphatic carbocycles. The molecule has 3 atom stereocenters. The van der Waals surface area contributed by atoms with Crippen LogP contribution in [0.4, 0.5) is 4.79 Å². The Morgan fingerprint density at radius 1 is 1.22 bits per heavy atom. The van der Waals surface area contributed by atoms with E-state index in [0.29, 0.717) is 5.56 Å². The van der Waals surface area contributed by atoms with Crippen molar-refractivity contribution >= 4 is 31.5 Å². The molecule has 0 aliphatic rings. The number of carbonyl (C=O) groups excluding carboxylic acids is 3. The van der Waals surface area contributed by atoms with E-state index in [1.54, 1.807) is 30.3 Å². The van der Waals surface area contributed by atoms with Gasteiger partial charge in [0.2, 0.25) is 5.91 Å². The molecule has 0 heterocycles. The number of hydrogen-bond donors (Lipinski definition) is 7. The van der Waals surface area contributed by atoms with Gasteiger partial charge >= 0.3 is 19.6 Å². The van der Waals surface area contributed by atoms with Gasteiger partial charge in [0, 0.05) is 6.54 Å². The molecule has 8 N–H and O–H groups in total. The van der Waals surface area contributed by atoms with E-state index in [2.05, 4.69) is 10.6 Å². The Morgan fingerprint density at radius 2 is 1.83 bits per heavy atom. The molecule has 16 nitrogen and oxygen atoms in total. The molecule has 0 saturated heterocycles. The van der Waals surface area contributed by atoms with Crippen molar-refractivity contribution in [1.82, 2.24) is 21.0 Å². The third-order valence-corrected chi connectivity index (χ3v) is 5.93. The first kappa shape index (κ1) is 30.3. The Labute approximate surface area is 206 Å². The topological polar surface area (TPSA) is 250 Å². The molecule has 36 heavy (non-hydrogen) atoms. The van der Waals surface area contributed by atoms with Crippen LogP contribution in [-0.2, 0) is 25.5 Å². The first-order valence-electron chi connectivity index (χ1n) is 10.6. The van der Waals surface area contributed by atoms with Crippen LogP contribution in [0.1, 0.15) is 32.3 Å². The smallest absolute Gasteiger partial charge is 0.408 e.